The largest absolute Gasteiger partial charge is 0.287 e. The van der Waals surface area contributed by atoms with Gasteiger partial charge >= 0.3 is 0 Å². The summed E-state index contributed by atoms with van der Waals surface area (Å²) in [5.74, 6) is 0.490. The van der Waals surface area contributed by atoms with Gasteiger partial charge in [-0.05, 0) is 24.6 Å². The lowest BCUT2D eigenvalue weighted by molar-refractivity contribution is -0.384. The maximum Gasteiger partial charge on any atom is 0.270 e. The third-order valence-electron chi connectivity index (χ3n) is 3.70. The van der Waals surface area contributed by atoms with E-state index < -0.39 is 4.92 Å². The van der Waals surface area contributed by atoms with Crippen molar-refractivity contribution >= 4 is 57.4 Å². The van der Waals surface area contributed by atoms with Gasteiger partial charge in [-0.15, -0.1) is 0 Å². The van der Waals surface area contributed by atoms with Gasteiger partial charge in [0.05, 0.1) is 26.2 Å². The zero-order valence-electron chi connectivity index (χ0n) is 13.4. The third kappa shape index (κ3) is 4.00. The van der Waals surface area contributed by atoms with Crippen molar-refractivity contribution in [2.24, 2.45) is 4.99 Å². The molecule has 1 fully saturated rings. The number of carbonyl (C=O) groups excluding carboxylic acids is 1. The molecule has 0 saturated carbocycles. The Hall–Kier alpha value is -2.09. The Bertz CT molecular complexity index is 905. The van der Waals surface area contributed by atoms with Crippen LogP contribution in [0.25, 0.3) is 0 Å². The average molecular weight is 410 g/mol. The summed E-state index contributed by atoms with van der Waals surface area (Å²) in [6.45, 7) is 0.489. The van der Waals surface area contributed by atoms with Crippen molar-refractivity contribution in [3.05, 3.63) is 68.2 Å². The van der Waals surface area contributed by atoms with E-state index in [1.807, 2.05) is 6.07 Å². The number of amides is 1. The number of carbonyl (C=O) groups is 1. The Morgan fingerprint density at radius 1 is 1.19 bits per heavy atom. The molecule has 9 heteroatoms. The number of rotatable bonds is 3. The number of aliphatic imine (C=N–C) groups is 1. The van der Waals surface area contributed by atoms with E-state index in [-0.39, 0.29) is 22.2 Å². The van der Waals surface area contributed by atoms with Crippen molar-refractivity contribution in [1.29, 1.82) is 0 Å². The molecule has 0 radical (unpaired) electrons. The average Bonchev–Trinajstić information content (AvgIpc) is 2.63. The van der Waals surface area contributed by atoms with E-state index in [1.54, 1.807) is 18.2 Å². The topological polar surface area (TPSA) is 75.8 Å². The van der Waals surface area contributed by atoms with Gasteiger partial charge in [0.2, 0.25) is 0 Å². The highest BCUT2D eigenvalue weighted by Crippen LogP contribution is 2.30. The summed E-state index contributed by atoms with van der Waals surface area (Å²) in [5.41, 5.74) is 0.613. The zero-order valence-corrected chi connectivity index (χ0v) is 15.7. The predicted octanol–water partition coefficient (Wildman–Crippen LogP) is 5.17. The number of benzene rings is 2. The number of non-ortho nitro benzene ring substituents is 1. The molecule has 1 heterocycles. The van der Waals surface area contributed by atoms with Crippen LogP contribution in [0.5, 0.6) is 0 Å². The number of amidine groups is 1. The monoisotopic (exact) mass is 409 g/mol. The van der Waals surface area contributed by atoms with Crippen LogP contribution in [-0.4, -0.2) is 33.2 Å². The van der Waals surface area contributed by atoms with Gasteiger partial charge in [0.25, 0.3) is 11.6 Å². The molecule has 0 spiro atoms. The number of hydrogen-bond donors (Lipinski definition) is 0. The lowest BCUT2D eigenvalue weighted by atomic mass is 10.1. The predicted molar refractivity (Wildman–Crippen MR) is 105 cm³/mol. The molecule has 26 heavy (non-hydrogen) atoms. The second kappa shape index (κ2) is 8.07. The molecule has 0 aromatic heterocycles. The van der Waals surface area contributed by atoms with Crippen LogP contribution in [0.1, 0.15) is 16.8 Å². The summed E-state index contributed by atoms with van der Waals surface area (Å²) < 4.78 is 0. The van der Waals surface area contributed by atoms with Gasteiger partial charge in [-0.3, -0.25) is 19.8 Å². The zero-order chi connectivity index (χ0) is 18.7. The minimum absolute atomic E-state index is 0.0388. The first-order valence-corrected chi connectivity index (χ1v) is 9.43. The van der Waals surface area contributed by atoms with Gasteiger partial charge in [0.1, 0.15) is 0 Å². The smallest absolute Gasteiger partial charge is 0.270 e. The first-order chi connectivity index (χ1) is 12.5. The summed E-state index contributed by atoms with van der Waals surface area (Å²) in [6, 6.07) is 10.9. The standard InChI is InChI=1S/C17H13Cl2N3O3S/c18-13-4-1-2-5-15(13)20-17-21(8-3-9-26-17)16(23)12-7-6-11(22(24)25)10-14(12)19/h1-2,4-7,10H,3,8-9H2. The number of nitro benzene ring substituents is 1. The van der Waals surface area contributed by atoms with Gasteiger partial charge in [0.15, 0.2) is 5.17 Å². The molecule has 0 aliphatic carbocycles. The number of nitro groups is 1. The highest BCUT2D eigenvalue weighted by molar-refractivity contribution is 8.13. The molecule has 0 atom stereocenters. The molecular formula is C17H13Cl2N3O3S. The minimum atomic E-state index is -0.554. The molecule has 1 aliphatic rings. The van der Waals surface area contributed by atoms with Crippen molar-refractivity contribution < 1.29 is 9.72 Å². The number of nitrogens with zero attached hydrogens (tertiary/aromatic N) is 3. The van der Waals surface area contributed by atoms with Crippen LogP contribution in [-0.2, 0) is 0 Å². The molecule has 0 unspecified atom stereocenters. The summed E-state index contributed by atoms with van der Waals surface area (Å²) in [4.78, 5) is 29.3. The summed E-state index contributed by atoms with van der Waals surface area (Å²) >= 11 is 13.7. The maximum absolute atomic E-state index is 12.9. The van der Waals surface area contributed by atoms with Crippen LogP contribution in [0.4, 0.5) is 11.4 Å². The second-order valence-corrected chi connectivity index (χ2v) is 7.30. The number of para-hydroxylation sites is 1. The fourth-order valence-electron chi connectivity index (χ4n) is 2.42. The fourth-order valence-corrected chi connectivity index (χ4v) is 3.81. The van der Waals surface area contributed by atoms with Crippen molar-refractivity contribution in [2.45, 2.75) is 6.42 Å². The molecule has 1 saturated heterocycles. The number of hydrogen-bond acceptors (Lipinski definition) is 5. The van der Waals surface area contributed by atoms with E-state index in [0.717, 1.165) is 12.2 Å². The SMILES string of the molecule is O=C(c1ccc([N+](=O)[O-])cc1Cl)N1CCCSC1=Nc1ccccc1Cl. The fraction of sp³-hybridized carbons (Fsp3) is 0.176. The Morgan fingerprint density at radius 2 is 1.96 bits per heavy atom. The second-order valence-electron chi connectivity index (χ2n) is 5.43. The first kappa shape index (κ1) is 18.7. The first-order valence-electron chi connectivity index (χ1n) is 7.69. The lowest BCUT2D eigenvalue weighted by Gasteiger charge is -2.28. The van der Waals surface area contributed by atoms with E-state index in [1.165, 1.54) is 34.9 Å². The van der Waals surface area contributed by atoms with E-state index in [4.69, 9.17) is 23.2 Å². The maximum atomic E-state index is 12.9. The Balaban J connectivity index is 1.94. The van der Waals surface area contributed by atoms with Crippen molar-refractivity contribution in [3.63, 3.8) is 0 Å². The van der Waals surface area contributed by atoms with Crippen LogP contribution in [0.15, 0.2) is 47.5 Å². The van der Waals surface area contributed by atoms with Crippen molar-refractivity contribution in [1.82, 2.24) is 4.90 Å². The van der Waals surface area contributed by atoms with E-state index in [2.05, 4.69) is 4.99 Å². The summed E-state index contributed by atoms with van der Waals surface area (Å²) in [6.07, 6.45) is 0.808. The normalized spacial score (nSPS) is 15.9. The van der Waals surface area contributed by atoms with Gasteiger partial charge in [0, 0.05) is 24.4 Å². The molecule has 2 aromatic rings. The van der Waals surface area contributed by atoms with Gasteiger partial charge in [-0.25, -0.2) is 4.99 Å². The lowest BCUT2D eigenvalue weighted by Crippen LogP contribution is -2.39. The molecule has 3 rings (SSSR count). The van der Waals surface area contributed by atoms with Crippen LogP contribution in [0.2, 0.25) is 10.0 Å². The summed E-state index contributed by atoms with van der Waals surface area (Å²) in [7, 11) is 0. The van der Waals surface area contributed by atoms with Crippen LogP contribution in [0.3, 0.4) is 0 Å². The highest BCUT2D eigenvalue weighted by atomic mass is 35.5. The molecule has 1 amide bonds. The Kier molecular flexibility index (Phi) is 5.80. The Morgan fingerprint density at radius 3 is 2.65 bits per heavy atom. The molecule has 0 N–H and O–H groups in total. The minimum Gasteiger partial charge on any atom is -0.287 e. The summed E-state index contributed by atoms with van der Waals surface area (Å²) in [5, 5.41) is 11.9. The van der Waals surface area contributed by atoms with Crippen LogP contribution >= 0.6 is 35.0 Å². The quantitative estimate of drug-likeness (QED) is 0.517. The highest BCUT2D eigenvalue weighted by Gasteiger charge is 2.27. The van der Waals surface area contributed by atoms with Crippen LogP contribution in [0, 0.1) is 10.1 Å². The number of halogens is 2. The van der Waals surface area contributed by atoms with E-state index in [9.17, 15) is 14.9 Å². The van der Waals surface area contributed by atoms with Gasteiger partial charge in [-0.2, -0.15) is 0 Å². The Labute approximate surface area is 164 Å². The van der Waals surface area contributed by atoms with Crippen molar-refractivity contribution in [2.75, 3.05) is 12.3 Å². The van der Waals surface area contributed by atoms with Gasteiger partial charge < -0.3 is 0 Å². The molecule has 1 aliphatic heterocycles. The van der Waals surface area contributed by atoms with E-state index in [0.29, 0.717) is 22.4 Å². The molecule has 6 nitrogen and oxygen atoms in total. The van der Waals surface area contributed by atoms with E-state index >= 15 is 0 Å². The number of thioether (sulfide) groups is 1. The molecular weight excluding hydrogens is 397 g/mol. The third-order valence-corrected chi connectivity index (χ3v) is 5.39. The molecule has 134 valence electrons. The molecule has 2 aromatic carbocycles. The molecule has 0 bridgehead atoms. The van der Waals surface area contributed by atoms with Gasteiger partial charge in [-0.1, -0.05) is 47.1 Å². The van der Waals surface area contributed by atoms with Crippen molar-refractivity contribution in [3.8, 4) is 0 Å². The van der Waals surface area contributed by atoms with Crippen LogP contribution < -0.4 is 0 Å².